The number of nitrogens with zero attached hydrogens (tertiary/aromatic N) is 2. The number of anilines is 1. The van der Waals surface area contributed by atoms with Crippen LogP contribution in [0.5, 0.6) is 0 Å². The predicted octanol–water partition coefficient (Wildman–Crippen LogP) is 1.99. The van der Waals surface area contributed by atoms with Crippen LogP contribution in [0.25, 0.3) is 0 Å². The largest absolute Gasteiger partial charge is 0.348 e. The fourth-order valence-electron chi connectivity index (χ4n) is 1.88. The smallest absolute Gasteiger partial charge is 0.313 e. The fraction of sp³-hybridized carbons (Fsp3) is 0.267. The molecule has 2 aromatic rings. The first-order valence-corrected chi connectivity index (χ1v) is 7.26. The summed E-state index contributed by atoms with van der Waals surface area (Å²) in [6.07, 6.45) is 5.96. The van der Waals surface area contributed by atoms with Crippen LogP contribution >= 0.6 is 11.6 Å². The second-order valence-electron chi connectivity index (χ2n) is 4.78. The molecule has 0 fully saturated rings. The van der Waals surface area contributed by atoms with Gasteiger partial charge in [0.15, 0.2) is 0 Å². The van der Waals surface area contributed by atoms with Crippen LogP contribution in [-0.4, -0.2) is 27.9 Å². The van der Waals surface area contributed by atoms with E-state index in [0.717, 1.165) is 12.1 Å². The van der Waals surface area contributed by atoms with Crippen LogP contribution in [0.4, 0.5) is 5.69 Å². The van der Waals surface area contributed by atoms with Gasteiger partial charge in [0.2, 0.25) is 0 Å². The van der Waals surface area contributed by atoms with Gasteiger partial charge < -0.3 is 15.2 Å². The van der Waals surface area contributed by atoms with Gasteiger partial charge in [-0.05, 0) is 31.0 Å². The van der Waals surface area contributed by atoms with Gasteiger partial charge in [-0.3, -0.25) is 9.59 Å². The number of hydrogen-bond acceptors (Lipinski definition) is 3. The zero-order valence-corrected chi connectivity index (χ0v) is 12.9. The minimum absolute atomic E-state index is 0.416. The number of halogens is 1. The van der Waals surface area contributed by atoms with Gasteiger partial charge in [0.1, 0.15) is 0 Å². The number of amides is 2. The molecule has 0 atom stereocenters. The van der Waals surface area contributed by atoms with E-state index in [-0.39, 0.29) is 0 Å². The SMILES string of the molecule is Cc1c(Cl)cccc1NC(=O)C(=O)NCCCn1ccnc1. The predicted molar refractivity (Wildman–Crippen MR) is 84.7 cm³/mol. The molecule has 1 aromatic heterocycles. The summed E-state index contributed by atoms with van der Waals surface area (Å²) in [5, 5.41) is 5.68. The van der Waals surface area contributed by atoms with Crippen LogP contribution in [0.15, 0.2) is 36.9 Å². The van der Waals surface area contributed by atoms with Crippen LogP contribution in [-0.2, 0) is 16.1 Å². The van der Waals surface area contributed by atoms with E-state index in [0.29, 0.717) is 23.7 Å². The van der Waals surface area contributed by atoms with Crippen molar-refractivity contribution >= 4 is 29.1 Å². The third kappa shape index (κ3) is 4.33. The molecule has 0 aliphatic rings. The van der Waals surface area contributed by atoms with Crippen molar-refractivity contribution in [3.63, 3.8) is 0 Å². The lowest BCUT2D eigenvalue weighted by atomic mass is 10.2. The maximum absolute atomic E-state index is 11.8. The molecule has 0 saturated heterocycles. The van der Waals surface area contributed by atoms with E-state index in [4.69, 9.17) is 11.6 Å². The Kier molecular flexibility index (Phi) is 5.55. The van der Waals surface area contributed by atoms with E-state index >= 15 is 0 Å². The Morgan fingerprint density at radius 1 is 1.32 bits per heavy atom. The van der Waals surface area contributed by atoms with Crippen LogP contribution in [0.2, 0.25) is 5.02 Å². The Bertz CT molecular complexity index is 656. The number of benzene rings is 1. The lowest BCUT2D eigenvalue weighted by molar-refractivity contribution is -0.136. The Balaban J connectivity index is 1.77. The van der Waals surface area contributed by atoms with E-state index in [1.54, 1.807) is 37.6 Å². The molecule has 7 heteroatoms. The summed E-state index contributed by atoms with van der Waals surface area (Å²) < 4.78 is 1.90. The summed E-state index contributed by atoms with van der Waals surface area (Å²) in [6, 6.07) is 5.14. The lowest BCUT2D eigenvalue weighted by Crippen LogP contribution is -2.36. The zero-order chi connectivity index (χ0) is 15.9. The van der Waals surface area contributed by atoms with E-state index in [2.05, 4.69) is 15.6 Å². The number of hydrogen-bond donors (Lipinski definition) is 2. The van der Waals surface area contributed by atoms with Gasteiger partial charge in [-0.1, -0.05) is 17.7 Å². The number of nitrogens with one attached hydrogen (secondary N) is 2. The molecule has 22 heavy (non-hydrogen) atoms. The van der Waals surface area contributed by atoms with Crippen molar-refractivity contribution < 1.29 is 9.59 Å². The molecule has 0 saturated carbocycles. The van der Waals surface area contributed by atoms with Crippen molar-refractivity contribution in [2.24, 2.45) is 0 Å². The summed E-state index contributed by atoms with van der Waals surface area (Å²) >= 11 is 5.97. The molecular weight excluding hydrogens is 304 g/mol. The number of aryl methyl sites for hydroxylation is 1. The quantitative estimate of drug-likeness (QED) is 0.653. The average molecular weight is 321 g/mol. The van der Waals surface area contributed by atoms with Gasteiger partial charge in [-0.2, -0.15) is 0 Å². The first-order valence-electron chi connectivity index (χ1n) is 6.88. The summed E-state index contributed by atoms with van der Waals surface area (Å²) in [5.74, 6) is -1.36. The van der Waals surface area contributed by atoms with E-state index < -0.39 is 11.8 Å². The molecule has 1 aromatic carbocycles. The summed E-state index contributed by atoms with van der Waals surface area (Å²) in [7, 11) is 0. The van der Waals surface area contributed by atoms with Gasteiger partial charge in [-0.15, -0.1) is 0 Å². The number of carbonyl (C=O) groups is 2. The molecule has 0 unspecified atom stereocenters. The maximum atomic E-state index is 11.8. The molecule has 0 aliphatic heterocycles. The Hall–Kier alpha value is -2.34. The van der Waals surface area contributed by atoms with Crippen LogP contribution in [0, 0.1) is 6.92 Å². The summed E-state index contributed by atoms with van der Waals surface area (Å²) in [6.45, 7) is 2.93. The van der Waals surface area contributed by atoms with Crippen molar-refractivity contribution in [1.82, 2.24) is 14.9 Å². The third-order valence-corrected chi connectivity index (χ3v) is 3.57. The average Bonchev–Trinajstić information content (AvgIpc) is 3.01. The van der Waals surface area contributed by atoms with Crippen molar-refractivity contribution in [3.05, 3.63) is 47.5 Å². The molecule has 0 radical (unpaired) electrons. The molecule has 1 heterocycles. The fourth-order valence-corrected chi connectivity index (χ4v) is 2.06. The highest BCUT2D eigenvalue weighted by Gasteiger charge is 2.14. The maximum Gasteiger partial charge on any atom is 0.313 e. The highest BCUT2D eigenvalue weighted by atomic mass is 35.5. The normalized spacial score (nSPS) is 10.3. The van der Waals surface area contributed by atoms with E-state index in [1.165, 1.54) is 0 Å². The van der Waals surface area contributed by atoms with Crippen molar-refractivity contribution in [1.29, 1.82) is 0 Å². The van der Waals surface area contributed by atoms with Crippen LogP contribution in [0.1, 0.15) is 12.0 Å². The lowest BCUT2D eigenvalue weighted by Gasteiger charge is -2.09. The number of rotatable bonds is 5. The molecule has 6 nitrogen and oxygen atoms in total. The van der Waals surface area contributed by atoms with Gasteiger partial charge in [0.25, 0.3) is 0 Å². The van der Waals surface area contributed by atoms with Gasteiger partial charge in [-0.25, -0.2) is 4.98 Å². The minimum Gasteiger partial charge on any atom is -0.348 e. The number of imidazole rings is 1. The first kappa shape index (κ1) is 16.0. The van der Waals surface area contributed by atoms with Crippen LogP contribution in [0.3, 0.4) is 0 Å². The van der Waals surface area contributed by atoms with E-state index in [9.17, 15) is 9.59 Å². The second kappa shape index (κ2) is 7.61. The highest BCUT2D eigenvalue weighted by Crippen LogP contribution is 2.22. The number of aromatic nitrogens is 2. The third-order valence-electron chi connectivity index (χ3n) is 3.16. The highest BCUT2D eigenvalue weighted by molar-refractivity contribution is 6.40. The molecule has 0 spiro atoms. The molecule has 2 amide bonds. The number of carbonyl (C=O) groups excluding carboxylic acids is 2. The Labute approximate surface area is 133 Å². The van der Waals surface area contributed by atoms with Crippen molar-refractivity contribution in [2.45, 2.75) is 19.9 Å². The Morgan fingerprint density at radius 2 is 2.14 bits per heavy atom. The van der Waals surface area contributed by atoms with Gasteiger partial charge in [0.05, 0.1) is 6.33 Å². The van der Waals surface area contributed by atoms with Gasteiger partial charge in [0, 0.05) is 36.2 Å². The molecule has 0 aliphatic carbocycles. The molecule has 2 rings (SSSR count). The summed E-state index contributed by atoms with van der Waals surface area (Å²) in [5.41, 5.74) is 1.26. The summed E-state index contributed by atoms with van der Waals surface area (Å²) in [4.78, 5) is 27.5. The van der Waals surface area contributed by atoms with Crippen molar-refractivity contribution in [3.8, 4) is 0 Å². The molecular formula is C15H17ClN4O2. The molecule has 116 valence electrons. The topological polar surface area (TPSA) is 76.0 Å². The van der Waals surface area contributed by atoms with Crippen LogP contribution < -0.4 is 10.6 Å². The standard InChI is InChI=1S/C15H17ClN4O2/c1-11-12(16)4-2-5-13(11)19-15(22)14(21)18-6-3-8-20-9-7-17-10-20/h2,4-5,7,9-10H,3,6,8H2,1H3,(H,18,21)(H,19,22). The monoisotopic (exact) mass is 320 g/mol. The molecule has 2 N–H and O–H groups in total. The first-order chi connectivity index (χ1) is 10.6. The Morgan fingerprint density at radius 3 is 2.86 bits per heavy atom. The minimum atomic E-state index is -0.701. The van der Waals surface area contributed by atoms with Crippen molar-refractivity contribution in [2.75, 3.05) is 11.9 Å². The second-order valence-corrected chi connectivity index (χ2v) is 5.18. The van der Waals surface area contributed by atoms with Gasteiger partial charge >= 0.3 is 11.8 Å². The van der Waals surface area contributed by atoms with E-state index in [1.807, 2.05) is 10.8 Å². The molecule has 0 bridgehead atoms. The zero-order valence-electron chi connectivity index (χ0n) is 12.2.